The molecule has 1 atom stereocenters. The van der Waals surface area contributed by atoms with E-state index in [2.05, 4.69) is 31.9 Å². The van der Waals surface area contributed by atoms with Gasteiger partial charge in [0.15, 0.2) is 11.0 Å². The highest BCUT2D eigenvalue weighted by molar-refractivity contribution is 7.99. The number of halogens is 1. The summed E-state index contributed by atoms with van der Waals surface area (Å²) in [7, 11) is 0. The van der Waals surface area contributed by atoms with Crippen molar-refractivity contribution in [3.63, 3.8) is 0 Å². The summed E-state index contributed by atoms with van der Waals surface area (Å²) in [6.07, 6.45) is 4.68. The Bertz CT molecular complexity index is 1170. The molecular weight excluding hydrogens is 430 g/mol. The molecule has 2 aromatic carbocycles. The highest BCUT2D eigenvalue weighted by Crippen LogP contribution is 2.41. The number of hydrogen-bond acceptors (Lipinski definition) is 6. The second-order valence-corrected chi connectivity index (χ2v) is 9.38. The summed E-state index contributed by atoms with van der Waals surface area (Å²) in [5.41, 5.74) is 1.82. The Balaban J connectivity index is 1.45. The van der Waals surface area contributed by atoms with Crippen LogP contribution in [0.4, 0.5) is 0 Å². The van der Waals surface area contributed by atoms with Crippen molar-refractivity contribution in [3.05, 3.63) is 65.5 Å². The zero-order chi connectivity index (χ0) is 21.2. The average Bonchev–Trinajstić information content (AvgIpc) is 3.55. The molecule has 1 aliphatic carbocycles. The lowest BCUT2D eigenvalue weighted by molar-refractivity contribution is 0.482. The van der Waals surface area contributed by atoms with E-state index in [-0.39, 0.29) is 5.25 Å². The number of rotatable bonds is 6. The zero-order valence-corrected chi connectivity index (χ0v) is 18.7. The van der Waals surface area contributed by atoms with E-state index in [9.17, 15) is 0 Å². The van der Waals surface area contributed by atoms with Crippen LogP contribution in [-0.2, 0) is 0 Å². The molecule has 1 unspecified atom stereocenters. The third kappa shape index (κ3) is 4.12. The van der Waals surface area contributed by atoms with Gasteiger partial charge in [-0.2, -0.15) is 0 Å². The lowest BCUT2D eigenvalue weighted by Gasteiger charge is -2.18. The van der Waals surface area contributed by atoms with Gasteiger partial charge in [-0.25, -0.2) is 0 Å². The fraction of sp³-hybridized carbons (Fsp3) is 0.304. The Morgan fingerprint density at radius 1 is 0.968 bits per heavy atom. The summed E-state index contributed by atoms with van der Waals surface area (Å²) in [6, 6.07) is 18.0. The van der Waals surface area contributed by atoms with E-state index in [1.54, 1.807) is 11.8 Å². The Hall–Kier alpha value is -2.64. The standard InChI is InChI=1S/C23H22ClN5OS/c1-15(21-26-27-22(30-21)16-9-3-2-4-10-16)31-23-28-25-20(18-13-7-8-14-19(18)24)29(23)17-11-5-6-12-17/h2-4,7-10,13-15,17H,5-6,11-12H2,1H3. The monoisotopic (exact) mass is 451 g/mol. The van der Waals surface area contributed by atoms with E-state index in [4.69, 9.17) is 16.0 Å². The van der Waals surface area contributed by atoms with Crippen LogP contribution >= 0.6 is 23.4 Å². The van der Waals surface area contributed by atoms with E-state index in [1.165, 1.54) is 12.8 Å². The molecular formula is C23H22ClN5OS. The number of thioether (sulfide) groups is 1. The van der Waals surface area contributed by atoms with Crippen molar-refractivity contribution in [1.29, 1.82) is 0 Å². The van der Waals surface area contributed by atoms with E-state index < -0.39 is 0 Å². The maximum atomic E-state index is 6.49. The molecule has 0 radical (unpaired) electrons. The van der Waals surface area contributed by atoms with Crippen LogP contribution < -0.4 is 0 Å². The molecule has 8 heteroatoms. The van der Waals surface area contributed by atoms with Crippen molar-refractivity contribution in [3.8, 4) is 22.8 Å². The van der Waals surface area contributed by atoms with E-state index in [0.29, 0.717) is 22.8 Å². The fourth-order valence-electron chi connectivity index (χ4n) is 3.98. The first-order chi connectivity index (χ1) is 15.2. The van der Waals surface area contributed by atoms with Gasteiger partial charge in [0.05, 0.1) is 10.3 Å². The minimum Gasteiger partial charge on any atom is -0.419 e. The van der Waals surface area contributed by atoms with Gasteiger partial charge in [-0.05, 0) is 44.0 Å². The van der Waals surface area contributed by atoms with Gasteiger partial charge in [-0.15, -0.1) is 20.4 Å². The molecule has 0 saturated heterocycles. The predicted molar refractivity (Wildman–Crippen MR) is 122 cm³/mol. The largest absolute Gasteiger partial charge is 0.419 e. The van der Waals surface area contributed by atoms with Crippen molar-refractivity contribution in [2.24, 2.45) is 0 Å². The van der Waals surface area contributed by atoms with Crippen LogP contribution in [0.15, 0.2) is 64.2 Å². The molecule has 1 fully saturated rings. The second-order valence-electron chi connectivity index (χ2n) is 7.67. The Morgan fingerprint density at radius 3 is 2.48 bits per heavy atom. The molecule has 5 rings (SSSR count). The zero-order valence-electron chi connectivity index (χ0n) is 17.1. The first-order valence-electron chi connectivity index (χ1n) is 10.5. The molecule has 0 amide bonds. The fourth-order valence-corrected chi connectivity index (χ4v) is 5.15. The summed E-state index contributed by atoms with van der Waals surface area (Å²) in [4.78, 5) is 0. The molecule has 0 N–H and O–H groups in total. The first kappa shape index (κ1) is 20.3. The van der Waals surface area contributed by atoms with Gasteiger partial charge in [-0.1, -0.05) is 66.5 Å². The minimum absolute atomic E-state index is 0.0617. The van der Waals surface area contributed by atoms with E-state index in [0.717, 1.165) is 34.9 Å². The third-order valence-electron chi connectivity index (χ3n) is 5.56. The Morgan fingerprint density at radius 2 is 1.71 bits per heavy atom. The van der Waals surface area contributed by atoms with Gasteiger partial charge in [-0.3, -0.25) is 4.57 Å². The number of aromatic nitrogens is 5. The topological polar surface area (TPSA) is 69.6 Å². The van der Waals surface area contributed by atoms with Gasteiger partial charge >= 0.3 is 0 Å². The van der Waals surface area contributed by atoms with Crippen LogP contribution in [0, 0.1) is 0 Å². The van der Waals surface area contributed by atoms with Crippen LogP contribution in [0.1, 0.15) is 49.8 Å². The lowest BCUT2D eigenvalue weighted by atomic mass is 10.2. The third-order valence-corrected chi connectivity index (χ3v) is 6.93. The number of nitrogens with zero attached hydrogens (tertiary/aromatic N) is 5. The molecule has 1 saturated carbocycles. The van der Waals surface area contributed by atoms with Gasteiger partial charge in [0, 0.05) is 17.2 Å². The van der Waals surface area contributed by atoms with Gasteiger partial charge in [0.1, 0.15) is 0 Å². The molecule has 0 aliphatic heterocycles. The second kappa shape index (κ2) is 8.85. The SMILES string of the molecule is CC(Sc1nnc(-c2ccccc2Cl)n1C1CCCC1)c1nnc(-c2ccccc2)o1. The Labute approximate surface area is 190 Å². The summed E-state index contributed by atoms with van der Waals surface area (Å²) < 4.78 is 8.21. The van der Waals surface area contributed by atoms with Crippen molar-refractivity contribution in [1.82, 2.24) is 25.0 Å². The number of benzene rings is 2. The summed E-state index contributed by atoms with van der Waals surface area (Å²) in [5, 5.41) is 19.0. The number of hydrogen-bond donors (Lipinski definition) is 0. The molecule has 2 aromatic heterocycles. The Kier molecular flexibility index (Phi) is 5.78. The summed E-state index contributed by atoms with van der Waals surface area (Å²) >= 11 is 8.08. The maximum Gasteiger partial charge on any atom is 0.247 e. The normalized spacial score (nSPS) is 15.4. The smallest absolute Gasteiger partial charge is 0.247 e. The van der Waals surface area contributed by atoms with Gasteiger partial charge in [0.25, 0.3) is 0 Å². The predicted octanol–water partition coefficient (Wildman–Crippen LogP) is 6.62. The summed E-state index contributed by atoms with van der Waals surface area (Å²) in [6.45, 7) is 2.05. The van der Waals surface area contributed by atoms with E-state index in [1.807, 2.05) is 54.6 Å². The highest BCUT2D eigenvalue weighted by Gasteiger charge is 2.28. The quantitative estimate of drug-likeness (QED) is 0.307. The van der Waals surface area contributed by atoms with Crippen LogP contribution in [0.3, 0.4) is 0 Å². The van der Waals surface area contributed by atoms with Crippen molar-refractivity contribution < 1.29 is 4.42 Å². The van der Waals surface area contributed by atoms with Crippen LogP contribution in [0.25, 0.3) is 22.8 Å². The van der Waals surface area contributed by atoms with Gasteiger partial charge in [0.2, 0.25) is 11.8 Å². The molecule has 0 spiro atoms. The average molecular weight is 452 g/mol. The molecule has 4 aromatic rings. The van der Waals surface area contributed by atoms with Crippen LogP contribution in [0.2, 0.25) is 5.02 Å². The molecule has 31 heavy (non-hydrogen) atoms. The van der Waals surface area contributed by atoms with Gasteiger partial charge < -0.3 is 4.42 Å². The first-order valence-corrected chi connectivity index (χ1v) is 11.7. The van der Waals surface area contributed by atoms with Crippen molar-refractivity contribution >= 4 is 23.4 Å². The molecule has 6 nitrogen and oxygen atoms in total. The van der Waals surface area contributed by atoms with Crippen LogP contribution in [-0.4, -0.2) is 25.0 Å². The lowest BCUT2D eigenvalue weighted by Crippen LogP contribution is -2.09. The molecule has 2 heterocycles. The van der Waals surface area contributed by atoms with Crippen molar-refractivity contribution in [2.75, 3.05) is 0 Å². The molecule has 158 valence electrons. The van der Waals surface area contributed by atoms with Crippen molar-refractivity contribution in [2.45, 2.75) is 49.1 Å². The van der Waals surface area contributed by atoms with Crippen LogP contribution in [0.5, 0.6) is 0 Å². The maximum absolute atomic E-state index is 6.49. The highest BCUT2D eigenvalue weighted by atomic mass is 35.5. The molecule has 1 aliphatic rings. The molecule has 0 bridgehead atoms. The van der Waals surface area contributed by atoms with E-state index >= 15 is 0 Å². The minimum atomic E-state index is -0.0617. The summed E-state index contributed by atoms with van der Waals surface area (Å²) in [5.74, 6) is 1.92.